The molecule has 0 radical (unpaired) electrons. The zero-order chi connectivity index (χ0) is 22.4. The average molecular weight is 442 g/mol. The molecule has 1 N–H and O–H groups in total. The second kappa shape index (κ2) is 7.29. The molecule has 2 aromatic carbocycles. The molecule has 2 heterocycles. The third-order valence-electron chi connectivity index (χ3n) is 4.40. The van der Waals surface area contributed by atoms with Crippen molar-refractivity contribution < 1.29 is 35.6 Å². The van der Waals surface area contributed by atoms with Gasteiger partial charge >= 0.3 is 12.4 Å². The number of hydrogen-bond acceptors (Lipinski definition) is 5. The third-order valence-corrected chi connectivity index (χ3v) is 4.40. The van der Waals surface area contributed by atoms with Crippen LogP contribution in [0.25, 0.3) is 33.9 Å². The molecule has 0 aliphatic rings. The summed E-state index contributed by atoms with van der Waals surface area (Å²) in [5.74, 6) is -1.08. The molecule has 0 bridgehead atoms. The SMILES string of the molecule is C[C@H](Oc1ccc(-c2nc(-c3ccc4[nH]cnc4c3)no2)cc1C(F)(F)F)C(F)(F)F. The molecule has 4 rings (SSSR count). The van der Waals surface area contributed by atoms with E-state index in [4.69, 9.17) is 4.52 Å². The summed E-state index contributed by atoms with van der Waals surface area (Å²) in [7, 11) is 0. The first-order valence-corrected chi connectivity index (χ1v) is 8.74. The number of alkyl halides is 6. The monoisotopic (exact) mass is 442 g/mol. The van der Waals surface area contributed by atoms with Gasteiger partial charge in [0.1, 0.15) is 5.75 Å². The Kier molecular flexibility index (Phi) is 4.86. The van der Waals surface area contributed by atoms with Crippen LogP contribution in [-0.4, -0.2) is 32.4 Å². The van der Waals surface area contributed by atoms with Gasteiger partial charge in [-0.05, 0) is 43.3 Å². The molecule has 2 aromatic heterocycles. The van der Waals surface area contributed by atoms with Crippen LogP contribution in [0.4, 0.5) is 26.3 Å². The number of ether oxygens (including phenoxy) is 1. The number of aromatic amines is 1. The molecule has 0 saturated carbocycles. The number of aromatic nitrogens is 4. The molecule has 0 aliphatic carbocycles. The van der Waals surface area contributed by atoms with E-state index in [-0.39, 0.29) is 17.3 Å². The number of hydrogen-bond donors (Lipinski definition) is 1. The first kappa shape index (κ1) is 20.7. The zero-order valence-corrected chi connectivity index (χ0v) is 15.5. The number of nitrogens with one attached hydrogen (secondary N) is 1. The van der Waals surface area contributed by atoms with E-state index in [0.29, 0.717) is 24.1 Å². The largest absolute Gasteiger partial charge is 0.481 e. The van der Waals surface area contributed by atoms with Gasteiger partial charge in [0.25, 0.3) is 5.89 Å². The van der Waals surface area contributed by atoms with Crippen molar-refractivity contribution in [1.82, 2.24) is 20.1 Å². The Balaban J connectivity index is 1.68. The number of rotatable bonds is 4. The maximum atomic E-state index is 13.4. The number of fused-ring (bicyclic) bond motifs is 1. The molecule has 6 nitrogen and oxygen atoms in total. The minimum atomic E-state index is -4.97. The lowest BCUT2D eigenvalue weighted by Gasteiger charge is -2.20. The van der Waals surface area contributed by atoms with Gasteiger partial charge < -0.3 is 14.2 Å². The Morgan fingerprint density at radius 3 is 2.45 bits per heavy atom. The number of H-pyrrole nitrogens is 1. The second-order valence-electron chi connectivity index (χ2n) is 6.57. The van der Waals surface area contributed by atoms with Crippen LogP contribution < -0.4 is 4.74 Å². The predicted molar refractivity (Wildman–Crippen MR) is 96.0 cm³/mol. The number of halogens is 6. The maximum Gasteiger partial charge on any atom is 0.425 e. The van der Waals surface area contributed by atoms with E-state index in [1.807, 2.05) is 0 Å². The smallest absolute Gasteiger partial charge is 0.425 e. The van der Waals surface area contributed by atoms with Gasteiger partial charge in [-0.1, -0.05) is 5.16 Å². The highest BCUT2D eigenvalue weighted by Crippen LogP contribution is 2.40. The van der Waals surface area contributed by atoms with Gasteiger partial charge in [0.05, 0.1) is 22.9 Å². The third kappa shape index (κ3) is 4.18. The van der Waals surface area contributed by atoms with Crippen LogP contribution in [0.15, 0.2) is 47.2 Å². The van der Waals surface area contributed by atoms with Crippen molar-refractivity contribution >= 4 is 11.0 Å². The van der Waals surface area contributed by atoms with Crippen LogP contribution in [-0.2, 0) is 6.18 Å². The fraction of sp³-hybridized carbons (Fsp3) is 0.211. The molecule has 0 amide bonds. The zero-order valence-electron chi connectivity index (χ0n) is 15.5. The van der Waals surface area contributed by atoms with Gasteiger partial charge in [-0.25, -0.2) is 4.98 Å². The van der Waals surface area contributed by atoms with Crippen LogP contribution in [0.3, 0.4) is 0 Å². The number of nitrogens with zero attached hydrogens (tertiary/aromatic N) is 3. The summed E-state index contributed by atoms with van der Waals surface area (Å²) in [6, 6.07) is 7.57. The Morgan fingerprint density at radius 1 is 1.00 bits per heavy atom. The lowest BCUT2D eigenvalue weighted by atomic mass is 10.1. The normalized spacial score (nSPS) is 13.5. The lowest BCUT2D eigenvalue weighted by Crippen LogP contribution is -2.31. The summed E-state index contributed by atoms with van der Waals surface area (Å²) < 4.78 is 88.0. The van der Waals surface area contributed by atoms with E-state index in [0.717, 1.165) is 17.6 Å². The van der Waals surface area contributed by atoms with Crippen LogP contribution >= 0.6 is 0 Å². The fourth-order valence-electron chi connectivity index (χ4n) is 2.77. The van der Waals surface area contributed by atoms with Crippen LogP contribution in [0.5, 0.6) is 5.75 Å². The van der Waals surface area contributed by atoms with Crippen molar-refractivity contribution in [2.45, 2.75) is 25.4 Å². The molecule has 12 heteroatoms. The average Bonchev–Trinajstić information content (AvgIpc) is 3.35. The Labute approximate surface area is 169 Å². The number of imidazole rings is 1. The maximum absolute atomic E-state index is 13.4. The minimum absolute atomic E-state index is 0.111. The molecule has 1 atom stereocenters. The molecule has 0 unspecified atom stereocenters. The molecule has 31 heavy (non-hydrogen) atoms. The summed E-state index contributed by atoms with van der Waals surface area (Å²) >= 11 is 0. The van der Waals surface area contributed by atoms with Gasteiger partial charge in [0.15, 0.2) is 6.10 Å². The van der Waals surface area contributed by atoms with Gasteiger partial charge in [-0.15, -0.1) is 0 Å². The van der Waals surface area contributed by atoms with E-state index in [2.05, 4.69) is 24.8 Å². The van der Waals surface area contributed by atoms with E-state index in [1.165, 1.54) is 6.33 Å². The molecule has 0 saturated heterocycles. The highest BCUT2D eigenvalue weighted by molar-refractivity contribution is 5.80. The van der Waals surface area contributed by atoms with Crippen LogP contribution in [0.2, 0.25) is 0 Å². The quantitative estimate of drug-likeness (QED) is 0.415. The van der Waals surface area contributed by atoms with Crippen LogP contribution in [0.1, 0.15) is 12.5 Å². The van der Waals surface area contributed by atoms with Crippen molar-refractivity contribution in [3.63, 3.8) is 0 Å². The Morgan fingerprint density at radius 2 is 1.74 bits per heavy atom. The molecular formula is C19H12F6N4O2. The molecule has 4 aromatic rings. The molecule has 0 fully saturated rings. The first-order valence-electron chi connectivity index (χ1n) is 8.74. The summed E-state index contributed by atoms with van der Waals surface area (Å²) in [5, 5.41) is 3.76. The molecular weight excluding hydrogens is 430 g/mol. The molecule has 162 valence electrons. The Bertz CT molecular complexity index is 1230. The highest BCUT2D eigenvalue weighted by atomic mass is 19.4. The highest BCUT2D eigenvalue weighted by Gasteiger charge is 2.41. The minimum Gasteiger partial charge on any atom is -0.481 e. The standard InChI is InChI=1S/C19H12F6N4O2/c1-9(18(20,21)22)30-15-5-3-11(6-12(15)19(23,24)25)17-28-16(29-31-17)10-2-4-13-14(7-10)27-8-26-13/h2-9H,1H3,(H,26,27)/t9-/m0/s1. The Hall–Kier alpha value is -3.57. The van der Waals surface area contributed by atoms with Crippen molar-refractivity contribution in [3.8, 4) is 28.6 Å². The topological polar surface area (TPSA) is 76.8 Å². The van der Waals surface area contributed by atoms with Gasteiger partial charge in [-0.2, -0.15) is 31.3 Å². The predicted octanol–water partition coefficient (Wildman–Crippen LogP) is 5.63. The lowest BCUT2D eigenvalue weighted by molar-refractivity contribution is -0.191. The van der Waals surface area contributed by atoms with Gasteiger partial charge in [0, 0.05) is 11.1 Å². The van der Waals surface area contributed by atoms with E-state index >= 15 is 0 Å². The number of benzene rings is 2. The van der Waals surface area contributed by atoms with Crippen molar-refractivity contribution in [2.24, 2.45) is 0 Å². The van der Waals surface area contributed by atoms with Gasteiger partial charge in [0.2, 0.25) is 5.82 Å². The second-order valence-corrected chi connectivity index (χ2v) is 6.57. The summed E-state index contributed by atoms with van der Waals surface area (Å²) in [6.07, 6.45) is -10.7. The summed E-state index contributed by atoms with van der Waals surface area (Å²) in [6.45, 7) is 0.620. The fourth-order valence-corrected chi connectivity index (χ4v) is 2.77. The van der Waals surface area contributed by atoms with Gasteiger partial charge in [-0.3, -0.25) is 0 Å². The first-order chi connectivity index (χ1) is 14.5. The van der Waals surface area contributed by atoms with E-state index < -0.39 is 29.8 Å². The summed E-state index contributed by atoms with van der Waals surface area (Å²) in [5.41, 5.74) is 0.400. The molecule has 0 spiro atoms. The van der Waals surface area contributed by atoms with E-state index in [9.17, 15) is 26.3 Å². The van der Waals surface area contributed by atoms with Crippen LogP contribution in [0, 0.1) is 0 Å². The molecule has 0 aliphatic heterocycles. The van der Waals surface area contributed by atoms with Crippen molar-refractivity contribution in [3.05, 3.63) is 48.3 Å². The van der Waals surface area contributed by atoms with Crippen molar-refractivity contribution in [1.29, 1.82) is 0 Å². The van der Waals surface area contributed by atoms with E-state index in [1.54, 1.807) is 18.2 Å². The van der Waals surface area contributed by atoms with Crippen molar-refractivity contribution in [2.75, 3.05) is 0 Å². The summed E-state index contributed by atoms with van der Waals surface area (Å²) in [4.78, 5) is 11.1.